The number of anilines is 2. The third kappa shape index (κ3) is 12.7. The highest BCUT2D eigenvalue weighted by Gasteiger charge is 2.56. The summed E-state index contributed by atoms with van der Waals surface area (Å²) in [7, 11) is -3.01. The van der Waals surface area contributed by atoms with Crippen molar-refractivity contribution < 1.29 is 42.2 Å². The highest BCUT2D eigenvalue weighted by molar-refractivity contribution is 7.47. The second kappa shape index (κ2) is 21.2. The molecule has 14 nitrogen and oxygen atoms in total. The van der Waals surface area contributed by atoms with E-state index in [9.17, 15) is 14.6 Å². The van der Waals surface area contributed by atoms with Crippen LogP contribution in [0.2, 0.25) is 0 Å². The molecule has 3 aromatic rings. The van der Waals surface area contributed by atoms with E-state index < -0.39 is 44.6 Å². The smallest absolute Gasteiger partial charge is 0.387 e. The van der Waals surface area contributed by atoms with E-state index in [1.165, 1.54) is 36.6 Å². The molecule has 16 heteroatoms. The molecule has 1 aromatic carbocycles. The van der Waals surface area contributed by atoms with Gasteiger partial charge in [0.25, 0.3) is 0 Å². The van der Waals surface area contributed by atoms with Crippen LogP contribution in [0.15, 0.2) is 36.7 Å². The Morgan fingerprint density at radius 3 is 2.40 bits per heavy atom. The van der Waals surface area contributed by atoms with Crippen molar-refractivity contribution in [2.45, 2.75) is 128 Å². The zero-order valence-corrected chi connectivity index (χ0v) is 31.7. The number of alkyl halides is 1. The van der Waals surface area contributed by atoms with Crippen molar-refractivity contribution in [3.05, 3.63) is 42.2 Å². The Balaban J connectivity index is 1.22. The summed E-state index contributed by atoms with van der Waals surface area (Å²) in [4.78, 5) is 23.1. The number of hydrogen-bond acceptors (Lipinski definition) is 12. The number of unbranched alkanes of at least 4 members (excludes halogenated alkanes) is 9. The van der Waals surface area contributed by atoms with Crippen LogP contribution in [0.3, 0.4) is 0 Å². The molecule has 0 saturated carbocycles. The van der Waals surface area contributed by atoms with Gasteiger partial charge in [-0.2, -0.15) is 9.97 Å². The Morgan fingerprint density at radius 1 is 1.04 bits per heavy atom. The summed E-state index contributed by atoms with van der Waals surface area (Å²) in [6, 6.07) is 9.65. The lowest BCUT2D eigenvalue weighted by Crippen LogP contribution is -2.40. The van der Waals surface area contributed by atoms with Gasteiger partial charge < -0.3 is 35.3 Å². The quantitative estimate of drug-likeness (QED) is 0.0492. The number of aliphatic hydroxyl groups is 1. The minimum Gasteiger partial charge on any atom is -0.387 e. The van der Waals surface area contributed by atoms with Gasteiger partial charge in [0.05, 0.1) is 32.3 Å². The second-order valence-corrected chi connectivity index (χ2v) is 15.0. The molecule has 4 rings (SSSR count). The summed E-state index contributed by atoms with van der Waals surface area (Å²) < 4.78 is 58.5. The van der Waals surface area contributed by atoms with Crippen LogP contribution in [0.5, 0.6) is 0 Å². The molecule has 1 aliphatic rings. The van der Waals surface area contributed by atoms with Gasteiger partial charge in [-0.05, 0) is 31.7 Å². The second-order valence-electron chi connectivity index (χ2n) is 13.5. The summed E-state index contributed by atoms with van der Waals surface area (Å²) in [5.41, 5.74) is 4.96. The number of nitrogen functional groups attached to an aromatic ring is 1. The number of nitrogens with two attached hydrogens (primary N) is 1. The summed E-state index contributed by atoms with van der Waals surface area (Å²) in [5.74, 6) is 0.270. The van der Waals surface area contributed by atoms with Crippen molar-refractivity contribution >= 4 is 30.8 Å². The predicted molar refractivity (Wildman–Crippen MR) is 197 cm³/mol. The van der Waals surface area contributed by atoms with E-state index in [0.717, 1.165) is 70.6 Å². The first-order valence-electron chi connectivity index (χ1n) is 18.6. The number of fused-ring (bicyclic) bond motifs is 1. The average molecular weight is 753 g/mol. The molecule has 5 N–H and O–H groups in total. The molecule has 0 aliphatic carbocycles. The number of nitrogens with zero attached hydrogens (tertiary/aromatic N) is 4. The molecule has 0 bridgehead atoms. The molecule has 1 fully saturated rings. The molecule has 3 heterocycles. The maximum absolute atomic E-state index is 16.0. The molecule has 1 aliphatic heterocycles. The molecule has 292 valence electrons. The highest BCUT2D eigenvalue weighted by atomic mass is 31.2. The SMILES string of the molecule is CCCCCCCOCCCCCCCC[C@H](COP(=O)(O)OC[C@H]1O[C@@H](n2cnc3c(NC)nc(N)nc32)[C@](C)(F)C1O)OCc1ccccc1. The number of benzene rings is 1. The normalized spacial score (nSPS) is 22.2. The van der Waals surface area contributed by atoms with Gasteiger partial charge in [-0.1, -0.05) is 95.0 Å². The van der Waals surface area contributed by atoms with Crippen LogP contribution in [0, 0.1) is 0 Å². The van der Waals surface area contributed by atoms with Crippen LogP contribution < -0.4 is 11.1 Å². The van der Waals surface area contributed by atoms with E-state index in [4.69, 9.17) is 29.0 Å². The first-order chi connectivity index (χ1) is 25.1. The topological polar surface area (TPSA) is 185 Å². The standard InChI is InChI=1S/C36H58FN6O8P/c1-4-5-6-10-16-21-47-22-17-11-8-7-9-15-20-28(48-23-27-18-13-12-14-19-27)24-49-52(45,46)50-25-29-31(44)36(2,37)34(51-29)43-26-40-30-32(39-3)41-35(38)42-33(30)43/h12-14,18-19,26,28-29,31,34,44H,4-11,15-17,20-25H2,1-3H3,(H,45,46)(H3,38,39,41,42)/t28-,29-,31?,34-,36-/m1/s1. The van der Waals surface area contributed by atoms with Gasteiger partial charge in [-0.3, -0.25) is 13.6 Å². The van der Waals surface area contributed by atoms with Crippen molar-refractivity contribution in [3.8, 4) is 0 Å². The fraction of sp³-hybridized carbons (Fsp3) is 0.694. The third-order valence-electron chi connectivity index (χ3n) is 9.26. The van der Waals surface area contributed by atoms with Crippen LogP contribution in [-0.4, -0.2) is 87.0 Å². The predicted octanol–water partition coefficient (Wildman–Crippen LogP) is 6.87. The van der Waals surface area contributed by atoms with Gasteiger partial charge in [0, 0.05) is 20.3 Å². The maximum Gasteiger partial charge on any atom is 0.472 e. The number of phosphoric acid groups is 1. The van der Waals surface area contributed by atoms with Gasteiger partial charge >= 0.3 is 7.82 Å². The lowest BCUT2D eigenvalue weighted by molar-refractivity contribution is -0.0585. The van der Waals surface area contributed by atoms with Crippen molar-refractivity contribution in [1.29, 1.82) is 0 Å². The number of hydrogen-bond donors (Lipinski definition) is 4. The van der Waals surface area contributed by atoms with Crippen molar-refractivity contribution in [2.24, 2.45) is 0 Å². The fourth-order valence-electron chi connectivity index (χ4n) is 6.21. The minimum absolute atomic E-state index is 0.0677. The Bertz CT molecular complexity index is 1520. The molecule has 1 saturated heterocycles. The average Bonchev–Trinajstić information content (AvgIpc) is 3.64. The molecule has 6 atom stereocenters. The Kier molecular flexibility index (Phi) is 17.1. The number of halogens is 1. The molecule has 0 amide bonds. The molecule has 0 spiro atoms. The lowest BCUT2D eigenvalue weighted by atomic mass is 9.98. The fourth-order valence-corrected chi connectivity index (χ4v) is 6.97. The summed E-state index contributed by atoms with van der Waals surface area (Å²) in [5, 5.41) is 13.7. The largest absolute Gasteiger partial charge is 0.472 e. The molecular weight excluding hydrogens is 694 g/mol. The first kappa shape index (κ1) is 42.0. The zero-order chi connectivity index (χ0) is 37.4. The number of ether oxygens (including phenoxy) is 3. The molecular formula is C36H58FN6O8P. The van der Waals surface area contributed by atoms with Gasteiger partial charge in [-0.15, -0.1) is 0 Å². The van der Waals surface area contributed by atoms with E-state index in [1.54, 1.807) is 7.05 Å². The van der Waals surface area contributed by atoms with E-state index in [0.29, 0.717) is 24.4 Å². The van der Waals surface area contributed by atoms with Crippen LogP contribution in [-0.2, 0) is 34.4 Å². The Labute approximate surface area is 306 Å². The number of imidazole rings is 1. The zero-order valence-electron chi connectivity index (χ0n) is 30.8. The first-order valence-corrected chi connectivity index (χ1v) is 20.1. The Hall–Kier alpha value is -2.75. The van der Waals surface area contributed by atoms with Crippen LogP contribution in [0.25, 0.3) is 11.2 Å². The third-order valence-corrected chi connectivity index (χ3v) is 10.2. The van der Waals surface area contributed by atoms with Gasteiger partial charge in [0.1, 0.15) is 12.2 Å². The lowest BCUT2D eigenvalue weighted by Gasteiger charge is -2.24. The van der Waals surface area contributed by atoms with Crippen molar-refractivity contribution in [3.63, 3.8) is 0 Å². The molecule has 2 aromatic heterocycles. The Morgan fingerprint density at radius 2 is 1.71 bits per heavy atom. The van der Waals surface area contributed by atoms with Gasteiger partial charge in [0.15, 0.2) is 28.9 Å². The van der Waals surface area contributed by atoms with Crippen LogP contribution in [0.1, 0.15) is 103 Å². The molecule has 0 radical (unpaired) electrons. The van der Waals surface area contributed by atoms with Crippen LogP contribution in [0.4, 0.5) is 16.2 Å². The number of phosphoric ester groups is 1. The van der Waals surface area contributed by atoms with Crippen molar-refractivity contribution in [2.75, 3.05) is 44.5 Å². The molecule has 2 unspecified atom stereocenters. The monoisotopic (exact) mass is 752 g/mol. The number of nitrogens with one attached hydrogen (secondary N) is 1. The van der Waals surface area contributed by atoms with E-state index in [2.05, 4.69) is 27.2 Å². The van der Waals surface area contributed by atoms with Gasteiger partial charge in [-0.25, -0.2) is 13.9 Å². The summed E-state index contributed by atoms with van der Waals surface area (Å²) in [6.07, 6.45) is 9.53. The van der Waals surface area contributed by atoms with E-state index in [-0.39, 0.29) is 18.2 Å². The number of rotatable bonds is 26. The molecule has 52 heavy (non-hydrogen) atoms. The van der Waals surface area contributed by atoms with E-state index in [1.807, 2.05) is 30.3 Å². The summed E-state index contributed by atoms with van der Waals surface area (Å²) in [6.45, 7) is 4.56. The van der Waals surface area contributed by atoms with Gasteiger partial charge in [0.2, 0.25) is 5.95 Å². The number of aromatic nitrogens is 4. The van der Waals surface area contributed by atoms with Crippen molar-refractivity contribution in [1.82, 2.24) is 19.5 Å². The number of aliphatic hydroxyl groups excluding tert-OH is 1. The maximum atomic E-state index is 16.0. The minimum atomic E-state index is -4.64. The van der Waals surface area contributed by atoms with Crippen LogP contribution >= 0.6 is 7.82 Å². The highest BCUT2D eigenvalue weighted by Crippen LogP contribution is 2.47. The summed E-state index contributed by atoms with van der Waals surface area (Å²) >= 11 is 0. The van der Waals surface area contributed by atoms with E-state index >= 15 is 4.39 Å².